The standard InChI is InChI=1S/C17H12N4O2/c18-11-15-3-1-2-4-16(15)14-7-5-13(6-8-14)12-20-10-9-17(19-20)21(22)23/h1-10H,12H2. The van der Waals surface area contributed by atoms with Crippen molar-refractivity contribution in [3.8, 4) is 17.2 Å². The molecule has 1 heterocycles. The molecule has 0 aliphatic carbocycles. The minimum Gasteiger partial charge on any atom is -0.358 e. The maximum Gasteiger partial charge on any atom is 0.389 e. The van der Waals surface area contributed by atoms with Gasteiger partial charge in [-0.1, -0.05) is 42.5 Å². The van der Waals surface area contributed by atoms with Crippen molar-refractivity contribution in [1.82, 2.24) is 9.78 Å². The number of aromatic nitrogens is 2. The van der Waals surface area contributed by atoms with Crippen molar-refractivity contribution in [2.24, 2.45) is 0 Å². The van der Waals surface area contributed by atoms with Crippen LogP contribution in [0.1, 0.15) is 11.1 Å². The van der Waals surface area contributed by atoms with Crippen molar-refractivity contribution in [2.45, 2.75) is 6.54 Å². The molecule has 0 radical (unpaired) electrons. The van der Waals surface area contributed by atoms with Crippen molar-refractivity contribution >= 4 is 5.82 Å². The SMILES string of the molecule is N#Cc1ccccc1-c1ccc(Cn2ccc([N+](=O)[O-])n2)cc1. The molecule has 0 spiro atoms. The monoisotopic (exact) mass is 304 g/mol. The Morgan fingerprint density at radius 1 is 1.13 bits per heavy atom. The molecule has 0 amide bonds. The Kier molecular flexibility index (Phi) is 3.85. The van der Waals surface area contributed by atoms with E-state index in [9.17, 15) is 10.1 Å². The maximum absolute atomic E-state index is 10.6. The van der Waals surface area contributed by atoms with Gasteiger partial charge in [-0.05, 0) is 27.7 Å². The molecule has 3 rings (SSSR count). The fourth-order valence-electron chi connectivity index (χ4n) is 2.35. The van der Waals surface area contributed by atoms with Crippen LogP contribution in [0.2, 0.25) is 0 Å². The molecule has 2 aromatic carbocycles. The van der Waals surface area contributed by atoms with Crippen LogP contribution in [0.3, 0.4) is 0 Å². The summed E-state index contributed by atoms with van der Waals surface area (Å²) < 4.78 is 1.52. The third-order valence-corrected chi connectivity index (χ3v) is 3.47. The first-order valence-corrected chi connectivity index (χ1v) is 6.93. The molecule has 1 aromatic heterocycles. The van der Waals surface area contributed by atoms with Crippen LogP contribution in [0.4, 0.5) is 5.82 Å². The summed E-state index contributed by atoms with van der Waals surface area (Å²) >= 11 is 0. The summed E-state index contributed by atoms with van der Waals surface area (Å²) in [6, 6.07) is 18.7. The summed E-state index contributed by atoms with van der Waals surface area (Å²) in [5.74, 6) is -0.162. The Hall–Kier alpha value is -3.46. The summed E-state index contributed by atoms with van der Waals surface area (Å²) in [7, 11) is 0. The lowest BCUT2D eigenvalue weighted by Crippen LogP contribution is -2.01. The zero-order valence-corrected chi connectivity index (χ0v) is 12.1. The van der Waals surface area contributed by atoms with E-state index in [4.69, 9.17) is 5.26 Å². The first kappa shape index (κ1) is 14.5. The van der Waals surface area contributed by atoms with E-state index in [0.29, 0.717) is 12.1 Å². The van der Waals surface area contributed by atoms with E-state index in [1.165, 1.54) is 10.7 Å². The van der Waals surface area contributed by atoms with Crippen LogP contribution >= 0.6 is 0 Å². The van der Waals surface area contributed by atoms with E-state index >= 15 is 0 Å². The highest BCUT2D eigenvalue weighted by atomic mass is 16.6. The van der Waals surface area contributed by atoms with Gasteiger partial charge in [-0.2, -0.15) is 9.94 Å². The van der Waals surface area contributed by atoms with Gasteiger partial charge in [0.05, 0.1) is 35.5 Å². The fourth-order valence-corrected chi connectivity index (χ4v) is 2.35. The Labute approximate surface area is 132 Å². The Morgan fingerprint density at radius 2 is 1.87 bits per heavy atom. The van der Waals surface area contributed by atoms with E-state index in [1.54, 1.807) is 12.3 Å². The molecule has 0 unspecified atom stereocenters. The fraction of sp³-hybridized carbons (Fsp3) is 0.0588. The average Bonchev–Trinajstić information content (AvgIpc) is 3.04. The van der Waals surface area contributed by atoms with Crippen molar-refractivity contribution in [3.05, 3.63) is 82.0 Å². The van der Waals surface area contributed by atoms with Crippen LogP contribution in [-0.2, 0) is 6.54 Å². The van der Waals surface area contributed by atoms with Crippen LogP contribution in [0, 0.1) is 21.4 Å². The highest BCUT2D eigenvalue weighted by molar-refractivity contribution is 5.70. The highest BCUT2D eigenvalue weighted by Crippen LogP contribution is 2.23. The third-order valence-electron chi connectivity index (χ3n) is 3.47. The summed E-state index contributed by atoms with van der Waals surface area (Å²) in [6.07, 6.45) is 1.58. The second-order valence-corrected chi connectivity index (χ2v) is 4.98. The molecule has 6 heteroatoms. The third kappa shape index (κ3) is 3.09. The number of benzene rings is 2. The molecule has 112 valence electrons. The molecule has 0 saturated carbocycles. The number of hydrogen-bond acceptors (Lipinski definition) is 4. The second-order valence-electron chi connectivity index (χ2n) is 4.98. The largest absolute Gasteiger partial charge is 0.389 e. The van der Waals surface area contributed by atoms with E-state index in [1.807, 2.05) is 42.5 Å². The quantitative estimate of drug-likeness (QED) is 0.546. The summed E-state index contributed by atoms with van der Waals surface area (Å²) in [5, 5.41) is 23.7. The highest BCUT2D eigenvalue weighted by Gasteiger charge is 2.11. The van der Waals surface area contributed by atoms with Gasteiger partial charge >= 0.3 is 5.82 Å². The van der Waals surface area contributed by atoms with E-state index in [2.05, 4.69) is 11.2 Å². The zero-order valence-electron chi connectivity index (χ0n) is 12.1. The minimum absolute atomic E-state index is 0.162. The smallest absolute Gasteiger partial charge is 0.358 e. The topological polar surface area (TPSA) is 84.8 Å². The predicted octanol–water partition coefficient (Wildman–Crippen LogP) is 3.38. The van der Waals surface area contributed by atoms with Gasteiger partial charge in [0, 0.05) is 0 Å². The molecular weight excluding hydrogens is 292 g/mol. The molecule has 0 N–H and O–H groups in total. The van der Waals surface area contributed by atoms with Gasteiger partial charge in [-0.15, -0.1) is 0 Å². The van der Waals surface area contributed by atoms with Gasteiger partial charge in [0.1, 0.15) is 0 Å². The second kappa shape index (κ2) is 6.12. The van der Waals surface area contributed by atoms with Crippen molar-refractivity contribution in [2.75, 3.05) is 0 Å². The summed E-state index contributed by atoms with van der Waals surface area (Å²) in [5.41, 5.74) is 3.44. The first-order valence-electron chi connectivity index (χ1n) is 6.93. The normalized spacial score (nSPS) is 10.2. The molecule has 0 atom stereocenters. The van der Waals surface area contributed by atoms with Crippen molar-refractivity contribution in [1.29, 1.82) is 5.26 Å². The molecule has 0 aliphatic rings. The van der Waals surface area contributed by atoms with Crippen LogP contribution in [0.25, 0.3) is 11.1 Å². The summed E-state index contributed by atoms with van der Waals surface area (Å²) in [6.45, 7) is 0.452. The van der Waals surface area contributed by atoms with Gasteiger partial charge in [0.25, 0.3) is 0 Å². The molecule has 6 nitrogen and oxygen atoms in total. The Balaban J connectivity index is 1.82. The van der Waals surface area contributed by atoms with Crippen molar-refractivity contribution in [3.63, 3.8) is 0 Å². The average molecular weight is 304 g/mol. The molecule has 3 aromatic rings. The Bertz CT molecular complexity index is 891. The predicted molar refractivity (Wildman–Crippen MR) is 84.6 cm³/mol. The number of nitro groups is 1. The first-order chi connectivity index (χ1) is 11.2. The van der Waals surface area contributed by atoms with Crippen LogP contribution < -0.4 is 0 Å². The van der Waals surface area contributed by atoms with E-state index in [0.717, 1.165) is 16.7 Å². The van der Waals surface area contributed by atoms with Crippen molar-refractivity contribution < 1.29 is 4.92 Å². The number of rotatable bonds is 4. The van der Waals surface area contributed by atoms with Crippen LogP contribution in [0.15, 0.2) is 60.8 Å². The molecule has 23 heavy (non-hydrogen) atoms. The molecule has 0 aliphatic heterocycles. The molecule has 0 bridgehead atoms. The maximum atomic E-state index is 10.6. The lowest BCUT2D eigenvalue weighted by molar-refractivity contribution is -0.389. The summed E-state index contributed by atoms with van der Waals surface area (Å²) in [4.78, 5) is 10.1. The van der Waals surface area contributed by atoms with E-state index in [-0.39, 0.29) is 5.82 Å². The molecule has 0 saturated heterocycles. The van der Waals surface area contributed by atoms with Crippen LogP contribution in [-0.4, -0.2) is 14.7 Å². The molecule has 0 fully saturated rings. The van der Waals surface area contributed by atoms with Gasteiger partial charge in [0.15, 0.2) is 0 Å². The van der Waals surface area contributed by atoms with Gasteiger partial charge < -0.3 is 10.1 Å². The number of hydrogen-bond donors (Lipinski definition) is 0. The lowest BCUT2D eigenvalue weighted by Gasteiger charge is -2.05. The number of nitrogens with zero attached hydrogens (tertiary/aromatic N) is 4. The van der Waals surface area contributed by atoms with Crippen LogP contribution in [0.5, 0.6) is 0 Å². The zero-order chi connectivity index (χ0) is 16.2. The van der Waals surface area contributed by atoms with Gasteiger partial charge in [0.2, 0.25) is 0 Å². The van der Waals surface area contributed by atoms with E-state index < -0.39 is 4.92 Å². The lowest BCUT2D eigenvalue weighted by atomic mass is 9.99. The minimum atomic E-state index is -0.515. The van der Waals surface area contributed by atoms with Gasteiger partial charge in [-0.3, -0.25) is 0 Å². The van der Waals surface area contributed by atoms with Gasteiger partial charge in [-0.25, -0.2) is 0 Å². The Morgan fingerprint density at radius 3 is 2.52 bits per heavy atom. The molecular formula is C17H12N4O2. The number of nitriles is 1.